The van der Waals surface area contributed by atoms with Gasteiger partial charge in [-0.25, -0.2) is 0 Å². The fourth-order valence-corrected chi connectivity index (χ4v) is 1.54. The minimum atomic E-state index is -0.110. The van der Waals surface area contributed by atoms with E-state index >= 15 is 0 Å². The number of aliphatic hydroxyl groups excluding tert-OH is 1. The summed E-state index contributed by atoms with van der Waals surface area (Å²) >= 11 is 0. The van der Waals surface area contributed by atoms with Gasteiger partial charge in [-0.05, 0) is 6.07 Å². The molecular formula is C13H17N5O2. The van der Waals surface area contributed by atoms with Crippen molar-refractivity contribution >= 4 is 11.9 Å². The first-order valence-corrected chi connectivity index (χ1v) is 6.12. The summed E-state index contributed by atoms with van der Waals surface area (Å²) in [5, 5.41) is 12.1. The Kier molecular flexibility index (Phi) is 4.31. The van der Waals surface area contributed by atoms with Gasteiger partial charge in [-0.2, -0.15) is 15.0 Å². The molecule has 106 valence electrons. The van der Waals surface area contributed by atoms with E-state index < -0.39 is 0 Å². The van der Waals surface area contributed by atoms with E-state index in [0.717, 1.165) is 0 Å². The highest BCUT2D eigenvalue weighted by atomic mass is 16.5. The number of hydrogen-bond acceptors (Lipinski definition) is 7. The molecule has 7 nitrogen and oxygen atoms in total. The normalized spacial score (nSPS) is 10.2. The van der Waals surface area contributed by atoms with Crippen LogP contribution in [0.3, 0.4) is 0 Å². The molecule has 20 heavy (non-hydrogen) atoms. The number of aliphatic hydroxyl groups is 1. The largest absolute Gasteiger partial charge is 0.424 e. The zero-order valence-electron chi connectivity index (χ0n) is 11.7. The molecule has 1 aromatic heterocycles. The van der Waals surface area contributed by atoms with Crippen LogP contribution in [0.1, 0.15) is 5.56 Å². The van der Waals surface area contributed by atoms with E-state index in [4.69, 9.17) is 4.74 Å². The summed E-state index contributed by atoms with van der Waals surface area (Å²) in [6.07, 6.45) is 0. The van der Waals surface area contributed by atoms with Crippen LogP contribution in [0.15, 0.2) is 24.3 Å². The Labute approximate surface area is 117 Å². The maximum absolute atomic E-state index is 9.29. The first kappa shape index (κ1) is 14.0. The molecule has 0 unspecified atom stereocenters. The van der Waals surface area contributed by atoms with Gasteiger partial charge in [0.15, 0.2) is 0 Å². The summed E-state index contributed by atoms with van der Waals surface area (Å²) < 4.78 is 5.64. The molecule has 0 fully saturated rings. The summed E-state index contributed by atoms with van der Waals surface area (Å²) in [7, 11) is 5.39. The molecule has 0 amide bonds. The van der Waals surface area contributed by atoms with E-state index in [-0.39, 0.29) is 12.6 Å². The van der Waals surface area contributed by atoms with Crippen molar-refractivity contribution in [1.29, 1.82) is 0 Å². The van der Waals surface area contributed by atoms with Crippen LogP contribution in [0.25, 0.3) is 0 Å². The lowest BCUT2D eigenvalue weighted by Gasteiger charge is -2.13. The summed E-state index contributed by atoms with van der Waals surface area (Å²) in [5.41, 5.74) is 0.672. The molecular weight excluding hydrogens is 258 g/mol. The number of anilines is 2. The first-order chi connectivity index (χ1) is 9.63. The van der Waals surface area contributed by atoms with Crippen molar-refractivity contribution < 1.29 is 9.84 Å². The van der Waals surface area contributed by atoms with Crippen LogP contribution in [0.2, 0.25) is 0 Å². The Morgan fingerprint density at radius 2 is 1.95 bits per heavy atom. The number of nitrogens with one attached hydrogen (secondary N) is 1. The van der Waals surface area contributed by atoms with Gasteiger partial charge in [0.25, 0.3) is 0 Å². The SMILES string of the molecule is CNc1nc(Oc2ccccc2CO)nc(N(C)C)n1. The number of benzene rings is 1. The van der Waals surface area contributed by atoms with Crippen molar-refractivity contribution in [3.63, 3.8) is 0 Å². The maximum Gasteiger partial charge on any atom is 0.328 e. The van der Waals surface area contributed by atoms with Crippen molar-refractivity contribution in [3.8, 4) is 11.8 Å². The molecule has 0 saturated heterocycles. The van der Waals surface area contributed by atoms with Crippen LogP contribution in [0.4, 0.5) is 11.9 Å². The van der Waals surface area contributed by atoms with E-state index in [1.165, 1.54) is 0 Å². The molecule has 2 N–H and O–H groups in total. The summed E-state index contributed by atoms with van der Waals surface area (Å²) in [6, 6.07) is 7.36. The number of hydrogen-bond donors (Lipinski definition) is 2. The number of aromatic nitrogens is 3. The molecule has 0 aliphatic rings. The van der Waals surface area contributed by atoms with Gasteiger partial charge in [-0.3, -0.25) is 0 Å². The van der Waals surface area contributed by atoms with E-state index in [2.05, 4.69) is 20.3 Å². The Bertz CT molecular complexity index is 589. The minimum absolute atomic E-state index is 0.110. The molecule has 7 heteroatoms. The molecule has 0 atom stereocenters. The quantitative estimate of drug-likeness (QED) is 0.850. The highest BCUT2D eigenvalue weighted by molar-refractivity contribution is 5.39. The van der Waals surface area contributed by atoms with Crippen molar-refractivity contribution in [3.05, 3.63) is 29.8 Å². The smallest absolute Gasteiger partial charge is 0.328 e. The van der Waals surface area contributed by atoms with Crippen LogP contribution < -0.4 is 15.0 Å². The third-order valence-electron chi connectivity index (χ3n) is 2.57. The molecule has 0 saturated carbocycles. The topological polar surface area (TPSA) is 83.4 Å². The second-order valence-corrected chi connectivity index (χ2v) is 4.25. The van der Waals surface area contributed by atoms with Gasteiger partial charge < -0.3 is 20.1 Å². The van der Waals surface area contributed by atoms with Crippen molar-refractivity contribution in [2.45, 2.75) is 6.61 Å². The highest BCUT2D eigenvalue weighted by Crippen LogP contribution is 2.24. The molecule has 0 aliphatic heterocycles. The summed E-state index contributed by atoms with van der Waals surface area (Å²) in [4.78, 5) is 14.3. The predicted octanol–water partition coefficient (Wildman–Crippen LogP) is 1.26. The fraction of sp³-hybridized carbons (Fsp3) is 0.308. The van der Waals surface area contributed by atoms with Gasteiger partial charge >= 0.3 is 6.01 Å². The molecule has 0 aliphatic carbocycles. The van der Waals surface area contributed by atoms with E-state index in [1.807, 2.05) is 26.2 Å². The lowest BCUT2D eigenvalue weighted by molar-refractivity contribution is 0.275. The molecule has 1 aromatic carbocycles. The van der Waals surface area contributed by atoms with Gasteiger partial charge in [0.05, 0.1) is 6.61 Å². The third kappa shape index (κ3) is 3.12. The van der Waals surface area contributed by atoms with E-state index in [0.29, 0.717) is 23.2 Å². The number of ether oxygens (including phenoxy) is 1. The molecule has 0 spiro atoms. The monoisotopic (exact) mass is 275 g/mol. The lowest BCUT2D eigenvalue weighted by atomic mass is 10.2. The van der Waals surface area contributed by atoms with Crippen molar-refractivity contribution in [2.75, 3.05) is 31.4 Å². The molecule has 0 radical (unpaired) electrons. The summed E-state index contributed by atoms with van der Waals surface area (Å²) in [6.45, 7) is -0.110. The zero-order valence-corrected chi connectivity index (χ0v) is 11.7. The second-order valence-electron chi connectivity index (χ2n) is 4.25. The predicted molar refractivity (Wildman–Crippen MR) is 76.1 cm³/mol. The minimum Gasteiger partial charge on any atom is -0.424 e. The average molecular weight is 275 g/mol. The molecule has 2 aromatic rings. The molecule has 1 heterocycles. The van der Waals surface area contributed by atoms with Gasteiger partial charge in [0.2, 0.25) is 11.9 Å². The highest BCUT2D eigenvalue weighted by Gasteiger charge is 2.10. The first-order valence-electron chi connectivity index (χ1n) is 6.12. The third-order valence-corrected chi connectivity index (χ3v) is 2.57. The van der Waals surface area contributed by atoms with Crippen molar-refractivity contribution in [1.82, 2.24) is 15.0 Å². The second kappa shape index (κ2) is 6.16. The summed E-state index contributed by atoms with van der Waals surface area (Å²) in [5.74, 6) is 1.42. The number of nitrogens with zero attached hydrogens (tertiary/aromatic N) is 4. The van der Waals surface area contributed by atoms with Gasteiger partial charge in [0.1, 0.15) is 5.75 Å². The average Bonchev–Trinajstić information content (AvgIpc) is 2.47. The standard InChI is InChI=1S/C13H17N5O2/c1-14-11-15-12(18(2)3)17-13(16-11)20-10-7-5-4-6-9(10)8-19/h4-7,19H,8H2,1-3H3,(H,14,15,16,17). The Morgan fingerprint density at radius 3 is 2.60 bits per heavy atom. The van der Waals surface area contributed by atoms with Crippen LogP contribution >= 0.6 is 0 Å². The Balaban J connectivity index is 2.35. The van der Waals surface area contributed by atoms with Crippen LogP contribution in [-0.2, 0) is 6.61 Å². The molecule has 0 bridgehead atoms. The lowest BCUT2D eigenvalue weighted by Crippen LogP contribution is -2.15. The van der Waals surface area contributed by atoms with E-state index in [1.54, 1.807) is 24.1 Å². The maximum atomic E-state index is 9.29. The van der Waals surface area contributed by atoms with Gasteiger partial charge in [0, 0.05) is 26.7 Å². The Morgan fingerprint density at radius 1 is 1.20 bits per heavy atom. The van der Waals surface area contributed by atoms with E-state index in [9.17, 15) is 5.11 Å². The van der Waals surface area contributed by atoms with Gasteiger partial charge in [-0.1, -0.05) is 18.2 Å². The van der Waals surface area contributed by atoms with Crippen LogP contribution in [0.5, 0.6) is 11.8 Å². The Hall–Kier alpha value is -2.41. The van der Waals surface area contributed by atoms with Gasteiger partial charge in [-0.15, -0.1) is 0 Å². The van der Waals surface area contributed by atoms with Crippen LogP contribution in [-0.4, -0.2) is 41.2 Å². The fourth-order valence-electron chi connectivity index (χ4n) is 1.54. The van der Waals surface area contributed by atoms with Crippen LogP contribution in [0, 0.1) is 0 Å². The zero-order chi connectivity index (χ0) is 14.5. The van der Waals surface area contributed by atoms with Crippen molar-refractivity contribution in [2.24, 2.45) is 0 Å². The number of para-hydroxylation sites is 1. The molecule has 2 rings (SSSR count). The number of rotatable bonds is 5.